The van der Waals surface area contributed by atoms with Gasteiger partial charge in [0, 0.05) is 6.42 Å². The van der Waals surface area contributed by atoms with Crippen LogP contribution in [0.2, 0.25) is 0 Å². The highest BCUT2D eigenvalue weighted by Crippen LogP contribution is 2.40. The van der Waals surface area contributed by atoms with Gasteiger partial charge in [0.25, 0.3) is 0 Å². The van der Waals surface area contributed by atoms with Gasteiger partial charge in [-0.05, 0) is 37.3 Å². The van der Waals surface area contributed by atoms with E-state index in [2.05, 4.69) is 0 Å². The largest absolute Gasteiger partial charge is 0.427 e. The number of halogens is 3. The van der Waals surface area contributed by atoms with Crippen LogP contribution in [0.4, 0.5) is 13.2 Å². The molecule has 0 aromatic heterocycles. The summed E-state index contributed by atoms with van der Waals surface area (Å²) in [5.74, 6) is -1.53. The van der Waals surface area contributed by atoms with Gasteiger partial charge in [-0.15, -0.1) is 0 Å². The van der Waals surface area contributed by atoms with Crippen LogP contribution in [0.15, 0.2) is 30.3 Å². The zero-order chi connectivity index (χ0) is 14.6. The molecule has 1 aromatic carbocycles. The molecule has 110 valence electrons. The maximum atomic E-state index is 12.7. The van der Waals surface area contributed by atoms with Gasteiger partial charge in [0.05, 0.1) is 5.92 Å². The van der Waals surface area contributed by atoms with Gasteiger partial charge in [-0.2, -0.15) is 13.2 Å². The van der Waals surface area contributed by atoms with E-state index < -0.39 is 18.1 Å². The summed E-state index contributed by atoms with van der Waals surface area (Å²) in [6.45, 7) is 0. The van der Waals surface area contributed by atoms with Crippen LogP contribution in [-0.2, 0) is 4.79 Å². The molecule has 0 unspecified atom stereocenters. The van der Waals surface area contributed by atoms with Gasteiger partial charge < -0.3 is 4.74 Å². The molecule has 0 heterocycles. The SMILES string of the molecule is O=C(C[C@H]1CCC[C@@H](C(F)(F)F)C1)Oc1ccccc1. The first-order chi connectivity index (χ1) is 9.45. The molecule has 0 bridgehead atoms. The molecule has 1 aromatic rings. The third-order valence-corrected chi connectivity index (χ3v) is 3.68. The quantitative estimate of drug-likeness (QED) is 0.610. The average molecular weight is 286 g/mol. The van der Waals surface area contributed by atoms with Crippen LogP contribution in [0, 0.1) is 11.8 Å². The molecule has 1 aliphatic rings. The number of rotatable bonds is 3. The monoisotopic (exact) mass is 286 g/mol. The number of benzene rings is 1. The minimum absolute atomic E-state index is 0.0351. The van der Waals surface area contributed by atoms with Gasteiger partial charge in [-0.1, -0.05) is 24.6 Å². The van der Waals surface area contributed by atoms with Gasteiger partial charge >= 0.3 is 12.1 Å². The fourth-order valence-corrected chi connectivity index (χ4v) is 2.67. The Balaban J connectivity index is 1.85. The Labute approximate surface area is 115 Å². The number of alkyl halides is 3. The normalized spacial score (nSPS) is 23.4. The van der Waals surface area contributed by atoms with Gasteiger partial charge in [0.1, 0.15) is 5.75 Å². The molecule has 1 saturated carbocycles. The van der Waals surface area contributed by atoms with E-state index in [-0.39, 0.29) is 25.2 Å². The van der Waals surface area contributed by atoms with Gasteiger partial charge in [0.15, 0.2) is 0 Å². The van der Waals surface area contributed by atoms with Crippen molar-refractivity contribution < 1.29 is 22.7 Å². The van der Waals surface area contributed by atoms with E-state index in [1.807, 2.05) is 0 Å². The van der Waals surface area contributed by atoms with Crippen LogP contribution in [-0.4, -0.2) is 12.1 Å². The third-order valence-electron chi connectivity index (χ3n) is 3.68. The second-order valence-corrected chi connectivity index (χ2v) is 5.26. The highest BCUT2D eigenvalue weighted by Gasteiger charge is 2.42. The van der Waals surface area contributed by atoms with E-state index in [4.69, 9.17) is 4.74 Å². The molecule has 1 fully saturated rings. The summed E-state index contributed by atoms with van der Waals surface area (Å²) in [6.07, 6.45) is -2.70. The van der Waals surface area contributed by atoms with Crippen molar-refractivity contribution in [1.82, 2.24) is 0 Å². The first-order valence-corrected chi connectivity index (χ1v) is 6.77. The highest BCUT2D eigenvalue weighted by atomic mass is 19.4. The Morgan fingerprint density at radius 2 is 1.90 bits per heavy atom. The Morgan fingerprint density at radius 3 is 2.55 bits per heavy atom. The third kappa shape index (κ3) is 4.25. The Kier molecular flexibility index (Phi) is 4.68. The Morgan fingerprint density at radius 1 is 1.20 bits per heavy atom. The number of para-hydroxylation sites is 1. The molecule has 0 N–H and O–H groups in total. The molecule has 0 amide bonds. The number of carbonyl (C=O) groups excluding carboxylic acids is 1. The fourth-order valence-electron chi connectivity index (χ4n) is 2.67. The molecule has 5 heteroatoms. The maximum absolute atomic E-state index is 12.7. The number of carbonyl (C=O) groups is 1. The van der Waals surface area contributed by atoms with Gasteiger partial charge in [-0.3, -0.25) is 4.79 Å². The number of ether oxygens (including phenoxy) is 1. The molecular formula is C15H17F3O2. The van der Waals surface area contributed by atoms with Crippen LogP contribution >= 0.6 is 0 Å². The molecular weight excluding hydrogens is 269 g/mol. The van der Waals surface area contributed by atoms with Crippen molar-refractivity contribution in [2.45, 2.75) is 38.3 Å². The first-order valence-electron chi connectivity index (χ1n) is 6.77. The van der Waals surface area contributed by atoms with E-state index in [9.17, 15) is 18.0 Å². The molecule has 0 aliphatic heterocycles. The van der Waals surface area contributed by atoms with E-state index >= 15 is 0 Å². The number of hydrogen-bond donors (Lipinski definition) is 0. The van der Waals surface area contributed by atoms with Crippen molar-refractivity contribution in [2.24, 2.45) is 11.8 Å². The predicted molar refractivity (Wildman–Crippen MR) is 68.2 cm³/mol. The molecule has 1 aliphatic carbocycles. The first kappa shape index (κ1) is 14.9. The van der Waals surface area contributed by atoms with Crippen molar-refractivity contribution in [3.05, 3.63) is 30.3 Å². The summed E-state index contributed by atoms with van der Waals surface area (Å²) >= 11 is 0. The predicted octanol–water partition coefficient (Wildman–Crippen LogP) is 4.35. The van der Waals surface area contributed by atoms with Crippen molar-refractivity contribution >= 4 is 5.97 Å². The van der Waals surface area contributed by atoms with E-state index in [0.29, 0.717) is 18.6 Å². The number of hydrogen-bond acceptors (Lipinski definition) is 2. The van der Waals surface area contributed by atoms with Crippen LogP contribution in [0.5, 0.6) is 5.75 Å². The average Bonchev–Trinajstić information content (AvgIpc) is 2.39. The zero-order valence-corrected chi connectivity index (χ0v) is 11.0. The van der Waals surface area contributed by atoms with Crippen molar-refractivity contribution in [3.63, 3.8) is 0 Å². The Hall–Kier alpha value is -1.52. The second kappa shape index (κ2) is 6.29. The minimum atomic E-state index is -4.15. The van der Waals surface area contributed by atoms with Gasteiger partial charge in [-0.25, -0.2) is 0 Å². The summed E-state index contributed by atoms with van der Waals surface area (Å²) in [5, 5.41) is 0. The second-order valence-electron chi connectivity index (χ2n) is 5.26. The standard InChI is InChI=1S/C15H17F3O2/c16-15(17,18)12-6-4-5-11(9-12)10-14(19)20-13-7-2-1-3-8-13/h1-3,7-8,11-12H,4-6,9-10H2/t11-,12+/m0/s1. The topological polar surface area (TPSA) is 26.3 Å². The summed E-state index contributed by atoms with van der Waals surface area (Å²) in [6, 6.07) is 8.58. The smallest absolute Gasteiger partial charge is 0.391 e. The van der Waals surface area contributed by atoms with Crippen molar-refractivity contribution in [1.29, 1.82) is 0 Å². The van der Waals surface area contributed by atoms with E-state index in [1.165, 1.54) is 0 Å². The van der Waals surface area contributed by atoms with Crippen LogP contribution in [0.1, 0.15) is 32.1 Å². The van der Waals surface area contributed by atoms with Crippen molar-refractivity contribution in [3.8, 4) is 5.75 Å². The number of esters is 1. The molecule has 2 atom stereocenters. The minimum Gasteiger partial charge on any atom is -0.427 e. The lowest BCUT2D eigenvalue weighted by Gasteiger charge is -2.29. The van der Waals surface area contributed by atoms with Crippen molar-refractivity contribution in [2.75, 3.05) is 0 Å². The molecule has 0 saturated heterocycles. The van der Waals surface area contributed by atoms with Crippen LogP contribution in [0.3, 0.4) is 0 Å². The van der Waals surface area contributed by atoms with Crippen LogP contribution < -0.4 is 4.74 Å². The van der Waals surface area contributed by atoms with E-state index in [1.54, 1.807) is 30.3 Å². The molecule has 20 heavy (non-hydrogen) atoms. The molecule has 0 spiro atoms. The molecule has 2 nitrogen and oxygen atoms in total. The summed E-state index contributed by atoms with van der Waals surface area (Å²) in [5.41, 5.74) is 0. The van der Waals surface area contributed by atoms with E-state index in [0.717, 1.165) is 0 Å². The summed E-state index contributed by atoms with van der Waals surface area (Å²) < 4.78 is 43.2. The summed E-state index contributed by atoms with van der Waals surface area (Å²) in [4.78, 5) is 11.7. The van der Waals surface area contributed by atoms with Gasteiger partial charge in [0.2, 0.25) is 0 Å². The maximum Gasteiger partial charge on any atom is 0.391 e. The fraction of sp³-hybridized carbons (Fsp3) is 0.533. The van der Waals surface area contributed by atoms with Crippen LogP contribution in [0.25, 0.3) is 0 Å². The lowest BCUT2D eigenvalue weighted by Crippen LogP contribution is -2.30. The highest BCUT2D eigenvalue weighted by molar-refractivity contribution is 5.72. The summed E-state index contributed by atoms with van der Waals surface area (Å²) in [7, 11) is 0. The lowest BCUT2D eigenvalue weighted by molar-refractivity contribution is -0.186. The Bertz CT molecular complexity index is 442. The molecule has 0 radical (unpaired) electrons. The zero-order valence-electron chi connectivity index (χ0n) is 11.0. The lowest BCUT2D eigenvalue weighted by atomic mass is 9.79. The molecule has 2 rings (SSSR count).